The first-order chi connectivity index (χ1) is 8.63. The third-order valence-corrected chi connectivity index (χ3v) is 2.77. The molecule has 0 amide bonds. The largest absolute Gasteiger partial charge is 0.396 e. The Morgan fingerprint density at radius 1 is 1.50 bits per heavy atom. The zero-order valence-electron chi connectivity index (χ0n) is 10.8. The topological polar surface area (TPSA) is 64.3 Å². The van der Waals surface area contributed by atoms with Crippen LogP contribution >= 0.6 is 0 Å². The summed E-state index contributed by atoms with van der Waals surface area (Å²) in [7, 11) is 0. The minimum absolute atomic E-state index is 0.123. The lowest BCUT2D eigenvalue weighted by Crippen LogP contribution is -2.32. The number of anilines is 1. The second-order valence-corrected chi connectivity index (χ2v) is 4.37. The van der Waals surface area contributed by atoms with Gasteiger partial charge in [-0.2, -0.15) is 5.26 Å². The minimum Gasteiger partial charge on any atom is -0.396 e. The molecule has 0 unspecified atom stereocenters. The molecule has 0 aromatic heterocycles. The second kappa shape index (κ2) is 6.77. The monoisotopic (exact) mass is 246 g/mol. The molecule has 0 radical (unpaired) electrons. The highest BCUT2D eigenvalue weighted by atomic mass is 16.3. The predicted molar refractivity (Wildman–Crippen MR) is 70.7 cm³/mol. The van der Waals surface area contributed by atoms with Gasteiger partial charge in [-0.3, -0.25) is 4.79 Å². The van der Waals surface area contributed by atoms with Gasteiger partial charge in [-0.05, 0) is 38.5 Å². The SMILES string of the molecule is CC(C)N(CCCO)c1ccc(C=O)cc1C#N. The Morgan fingerprint density at radius 2 is 2.22 bits per heavy atom. The van der Waals surface area contributed by atoms with Crippen LogP contribution in [0.4, 0.5) is 5.69 Å². The summed E-state index contributed by atoms with van der Waals surface area (Å²) >= 11 is 0. The maximum absolute atomic E-state index is 10.7. The molecule has 18 heavy (non-hydrogen) atoms. The summed E-state index contributed by atoms with van der Waals surface area (Å²) in [5.41, 5.74) is 1.80. The molecule has 1 aromatic carbocycles. The van der Waals surface area contributed by atoms with Gasteiger partial charge in [-0.15, -0.1) is 0 Å². The third kappa shape index (κ3) is 3.31. The molecule has 96 valence electrons. The molecular weight excluding hydrogens is 228 g/mol. The number of nitrogens with zero attached hydrogens (tertiary/aromatic N) is 2. The molecule has 0 atom stereocenters. The number of carbonyl (C=O) groups is 1. The molecule has 0 saturated heterocycles. The summed E-state index contributed by atoms with van der Waals surface area (Å²) in [5.74, 6) is 0. The second-order valence-electron chi connectivity index (χ2n) is 4.37. The van der Waals surface area contributed by atoms with E-state index in [4.69, 9.17) is 10.4 Å². The molecule has 0 aliphatic rings. The molecule has 0 saturated carbocycles. The van der Waals surface area contributed by atoms with Crippen molar-refractivity contribution in [3.8, 4) is 6.07 Å². The summed E-state index contributed by atoms with van der Waals surface area (Å²) in [5, 5.41) is 18.1. The van der Waals surface area contributed by atoms with Crippen LogP contribution in [0.3, 0.4) is 0 Å². The zero-order valence-corrected chi connectivity index (χ0v) is 10.8. The van der Waals surface area contributed by atoms with E-state index in [9.17, 15) is 4.79 Å². The quantitative estimate of drug-likeness (QED) is 0.779. The van der Waals surface area contributed by atoms with Crippen LogP contribution in [0.5, 0.6) is 0 Å². The van der Waals surface area contributed by atoms with Crippen LogP contribution in [0, 0.1) is 11.3 Å². The molecular formula is C14H18N2O2. The van der Waals surface area contributed by atoms with Crippen molar-refractivity contribution >= 4 is 12.0 Å². The van der Waals surface area contributed by atoms with Gasteiger partial charge >= 0.3 is 0 Å². The molecule has 4 heteroatoms. The molecule has 4 nitrogen and oxygen atoms in total. The van der Waals surface area contributed by atoms with Crippen molar-refractivity contribution in [3.63, 3.8) is 0 Å². The van der Waals surface area contributed by atoms with Gasteiger partial charge in [0.15, 0.2) is 0 Å². The van der Waals surface area contributed by atoms with Crippen molar-refractivity contribution < 1.29 is 9.90 Å². The van der Waals surface area contributed by atoms with E-state index in [-0.39, 0.29) is 12.6 Å². The van der Waals surface area contributed by atoms with Gasteiger partial charge < -0.3 is 10.0 Å². The van der Waals surface area contributed by atoms with Crippen LogP contribution < -0.4 is 4.90 Å². The fourth-order valence-corrected chi connectivity index (χ4v) is 1.86. The van der Waals surface area contributed by atoms with Crippen molar-refractivity contribution in [2.24, 2.45) is 0 Å². The van der Waals surface area contributed by atoms with Crippen molar-refractivity contribution in [1.29, 1.82) is 5.26 Å². The van der Waals surface area contributed by atoms with Crippen molar-refractivity contribution in [2.45, 2.75) is 26.3 Å². The fraction of sp³-hybridized carbons (Fsp3) is 0.429. The zero-order chi connectivity index (χ0) is 13.5. The molecule has 1 N–H and O–H groups in total. The van der Waals surface area contributed by atoms with Crippen LogP contribution in [0.2, 0.25) is 0 Å². The van der Waals surface area contributed by atoms with Crippen LogP contribution in [0.15, 0.2) is 18.2 Å². The molecule has 1 aromatic rings. The highest BCUT2D eigenvalue weighted by Gasteiger charge is 2.14. The van der Waals surface area contributed by atoms with E-state index in [0.717, 1.165) is 12.0 Å². The number of carbonyl (C=O) groups excluding carboxylic acids is 1. The lowest BCUT2D eigenvalue weighted by molar-refractivity contribution is 0.112. The lowest BCUT2D eigenvalue weighted by atomic mass is 10.1. The predicted octanol–water partition coefficient (Wildman–Crippen LogP) is 1.97. The Kier molecular flexibility index (Phi) is 5.34. The third-order valence-electron chi connectivity index (χ3n) is 2.77. The average molecular weight is 246 g/mol. The first kappa shape index (κ1) is 14.2. The maximum Gasteiger partial charge on any atom is 0.150 e. The van der Waals surface area contributed by atoms with Crippen molar-refractivity contribution in [3.05, 3.63) is 29.3 Å². The standard InChI is InChI=1S/C14H18N2O2/c1-11(2)16(6-3-7-17)14-5-4-12(10-18)8-13(14)9-15/h4-5,8,10-11,17H,3,6-7H2,1-2H3. The molecule has 0 spiro atoms. The van der Waals surface area contributed by atoms with Gasteiger partial charge in [0.2, 0.25) is 0 Å². The number of aliphatic hydroxyl groups excluding tert-OH is 1. The minimum atomic E-state index is 0.123. The van der Waals surface area contributed by atoms with E-state index in [1.807, 2.05) is 13.8 Å². The Labute approximate surface area is 107 Å². The molecule has 1 rings (SSSR count). The molecule has 0 fully saturated rings. The summed E-state index contributed by atoms with van der Waals surface area (Å²) in [6.07, 6.45) is 1.39. The van der Waals surface area contributed by atoms with E-state index in [2.05, 4.69) is 11.0 Å². The highest BCUT2D eigenvalue weighted by molar-refractivity contribution is 5.78. The molecule has 0 bridgehead atoms. The van der Waals surface area contributed by atoms with Gasteiger partial charge in [0, 0.05) is 24.8 Å². The first-order valence-corrected chi connectivity index (χ1v) is 6.00. The van der Waals surface area contributed by atoms with E-state index < -0.39 is 0 Å². The molecule has 0 aliphatic heterocycles. The normalized spacial score (nSPS) is 10.2. The van der Waals surface area contributed by atoms with Gasteiger partial charge in [-0.1, -0.05) is 0 Å². The summed E-state index contributed by atoms with van der Waals surface area (Å²) < 4.78 is 0. The number of nitriles is 1. The van der Waals surface area contributed by atoms with Gasteiger partial charge in [0.25, 0.3) is 0 Å². The highest BCUT2D eigenvalue weighted by Crippen LogP contribution is 2.23. The van der Waals surface area contributed by atoms with E-state index in [0.29, 0.717) is 24.1 Å². The summed E-state index contributed by atoms with van der Waals surface area (Å²) in [4.78, 5) is 12.8. The first-order valence-electron chi connectivity index (χ1n) is 6.00. The Balaban J connectivity index is 3.11. The summed E-state index contributed by atoms with van der Waals surface area (Å²) in [6, 6.07) is 7.44. The van der Waals surface area contributed by atoms with Crippen LogP contribution in [0.25, 0.3) is 0 Å². The van der Waals surface area contributed by atoms with Gasteiger partial charge in [0.05, 0.1) is 11.3 Å². The van der Waals surface area contributed by atoms with E-state index in [1.165, 1.54) is 0 Å². The smallest absolute Gasteiger partial charge is 0.150 e. The number of rotatable bonds is 6. The Hall–Kier alpha value is -1.86. The van der Waals surface area contributed by atoms with Crippen LogP contribution in [-0.2, 0) is 0 Å². The van der Waals surface area contributed by atoms with Crippen molar-refractivity contribution in [2.75, 3.05) is 18.1 Å². The number of hydrogen-bond acceptors (Lipinski definition) is 4. The van der Waals surface area contributed by atoms with E-state index >= 15 is 0 Å². The van der Waals surface area contributed by atoms with Crippen molar-refractivity contribution in [1.82, 2.24) is 0 Å². The number of benzene rings is 1. The van der Waals surface area contributed by atoms with Gasteiger partial charge in [0.1, 0.15) is 12.4 Å². The summed E-state index contributed by atoms with van der Waals surface area (Å²) in [6.45, 7) is 4.87. The number of hydrogen-bond donors (Lipinski definition) is 1. The fourth-order valence-electron chi connectivity index (χ4n) is 1.86. The maximum atomic E-state index is 10.7. The van der Waals surface area contributed by atoms with Gasteiger partial charge in [-0.25, -0.2) is 0 Å². The number of aldehydes is 1. The number of aliphatic hydroxyl groups is 1. The lowest BCUT2D eigenvalue weighted by Gasteiger charge is -2.29. The molecule has 0 heterocycles. The Morgan fingerprint density at radius 3 is 2.72 bits per heavy atom. The van der Waals surface area contributed by atoms with E-state index in [1.54, 1.807) is 18.2 Å². The molecule has 0 aliphatic carbocycles. The van der Waals surface area contributed by atoms with Crippen LogP contribution in [0.1, 0.15) is 36.2 Å². The average Bonchev–Trinajstić information content (AvgIpc) is 2.38. The van der Waals surface area contributed by atoms with Crippen LogP contribution in [-0.4, -0.2) is 30.6 Å². The Bertz CT molecular complexity index is 450.